The Kier molecular flexibility index (Phi) is 4.42. The molecule has 0 aromatic heterocycles. The number of aryl methyl sites for hydroxylation is 1. The molecule has 0 amide bonds. The van der Waals surface area contributed by atoms with Crippen molar-refractivity contribution in [3.63, 3.8) is 0 Å². The van der Waals surface area contributed by atoms with Crippen LogP contribution in [0.2, 0.25) is 0 Å². The Morgan fingerprint density at radius 2 is 1.90 bits per heavy atom. The fourth-order valence-electron chi connectivity index (χ4n) is 1.41. The van der Waals surface area contributed by atoms with Crippen molar-refractivity contribution in [2.75, 3.05) is 6.54 Å². The van der Waals surface area contributed by atoms with E-state index in [-0.39, 0.29) is 5.56 Å². The SMILES string of the molecule is Cc1ccc(S(=O)(=O)N(CC(=O)O)[N+](=O)[O-])cc1[N+](=O)[O-]. The van der Waals surface area contributed by atoms with E-state index in [9.17, 15) is 33.4 Å². The number of rotatable bonds is 6. The van der Waals surface area contributed by atoms with E-state index in [0.717, 1.165) is 12.1 Å². The fraction of sp³-hybridized carbons (Fsp3) is 0.222. The minimum absolute atomic E-state index is 0.157. The molecule has 1 aromatic carbocycles. The maximum Gasteiger partial charge on any atom is 0.330 e. The standard InChI is InChI=1S/C9H9N3O8S/c1-6-2-3-7(4-8(6)11(15)16)21(19,20)10(12(17)18)5-9(13)14/h2-4H,5H2,1H3,(H,13,14). The van der Waals surface area contributed by atoms with Crippen molar-refractivity contribution < 1.29 is 28.3 Å². The van der Waals surface area contributed by atoms with Crippen molar-refractivity contribution in [2.24, 2.45) is 0 Å². The number of benzene rings is 1. The molecule has 114 valence electrons. The third-order valence-corrected chi connectivity index (χ3v) is 4.07. The predicted molar refractivity (Wildman–Crippen MR) is 66.4 cm³/mol. The van der Waals surface area contributed by atoms with Gasteiger partial charge in [0.1, 0.15) is 0 Å². The molecule has 0 atom stereocenters. The molecule has 0 fully saturated rings. The molecule has 1 aromatic rings. The lowest BCUT2D eigenvalue weighted by Crippen LogP contribution is -2.40. The van der Waals surface area contributed by atoms with Crippen LogP contribution >= 0.6 is 0 Å². The second-order valence-corrected chi connectivity index (χ2v) is 5.67. The first-order chi connectivity index (χ1) is 9.57. The molecule has 0 aliphatic carbocycles. The van der Waals surface area contributed by atoms with Crippen LogP contribution in [0.5, 0.6) is 0 Å². The third-order valence-electron chi connectivity index (χ3n) is 2.41. The number of nitro benzene ring substituents is 1. The zero-order valence-corrected chi connectivity index (χ0v) is 11.3. The molecule has 11 nitrogen and oxygen atoms in total. The highest BCUT2D eigenvalue weighted by molar-refractivity contribution is 7.89. The van der Waals surface area contributed by atoms with E-state index in [1.165, 1.54) is 6.92 Å². The summed E-state index contributed by atoms with van der Waals surface area (Å²) in [4.78, 5) is 30.4. The highest BCUT2D eigenvalue weighted by Crippen LogP contribution is 2.24. The van der Waals surface area contributed by atoms with E-state index < -0.39 is 47.5 Å². The van der Waals surface area contributed by atoms with Crippen LogP contribution in [0.25, 0.3) is 0 Å². The van der Waals surface area contributed by atoms with Crippen LogP contribution in [0.4, 0.5) is 5.69 Å². The first-order valence-electron chi connectivity index (χ1n) is 5.21. The summed E-state index contributed by atoms with van der Waals surface area (Å²) in [6.45, 7) is -0.0476. The van der Waals surface area contributed by atoms with Crippen LogP contribution in [0, 0.1) is 27.2 Å². The van der Waals surface area contributed by atoms with E-state index >= 15 is 0 Å². The van der Waals surface area contributed by atoms with E-state index in [4.69, 9.17) is 5.11 Å². The summed E-state index contributed by atoms with van der Waals surface area (Å²) in [5.74, 6) is -1.74. The first kappa shape index (κ1) is 16.3. The van der Waals surface area contributed by atoms with Gasteiger partial charge < -0.3 is 5.11 Å². The number of hydrogen-bond acceptors (Lipinski definition) is 7. The number of nitrogens with zero attached hydrogens (tertiary/aromatic N) is 3. The predicted octanol–water partition coefficient (Wildman–Crippen LogP) is 0.170. The molecule has 0 aliphatic rings. The molecule has 0 heterocycles. The monoisotopic (exact) mass is 319 g/mol. The average Bonchev–Trinajstić information content (AvgIpc) is 2.35. The van der Waals surface area contributed by atoms with Gasteiger partial charge in [-0.25, -0.2) is 10.1 Å². The van der Waals surface area contributed by atoms with E-state index in [1.54, 1.807) is 0 Å². The second-order valence-electron chi connectivity index (χ2n) is 3.82. The molecule has 12 heteroatoms. The van der Waals surface area contributed by atoms with Crippen LogP contribution in [0.3, 0.4) is 0 Å². The summed E-state index contributed by atoms with van der Waals surface area (Å²) in [6, 6.07) is 2.67. The molecule has 0 saturated heterocycles. The molecule has 0 saturated carbocycles. The molecule has 21 heavy (non-hydrogen) atoms. The lowest BCUT2D eigenvalue weighted by Gasteiger charge is -2.12. The largest absolute Gasteiger partial charge is 0.480 e. The Balaban J connectivity index is 3.41. The normalized spacial score (nSPS) is 10.9. The third kappa shape index (κ3) is 3.42. The first-order valence-corrected chi connectivity index (χ1v) is 6.65. The van der Waals surface area contributed by atoms with Gasteiger partial charge in [0, 0.05) is 16.0 Å². The minimum atomic E-state index is -4.82. The van der Waals surface area contributed by atoms with Crippen LogP contribution in [0.1, 0.15) is 5.56 Å². The van der Waals surface area contributed by atoms with E-state index in [2.05, 4.69) is 0 Å². The van der Waals surface area contributed by atoms with Crippen LogP contribution in [-0.2, 0) is 14.8 Å². The van der Waals surface area contributed by atoms with Gasteiger partial charge in [0.05, 0.1) is 9.82 Å². The number of aliphatic carboxylic acids is 1. The van der Waals surface area contributed by atoms with Crippen LogP contribution in [0.15, 0.2) is 23.1 Å². The van der Waals surface area contributed by atoms with Gasteiger partial charge in [0.15, 0.2) is 11.6 Å². The lowest BCUT2D eigenvalue weighted by molar-refractivity contribution is -0.617. The molecule has 0 bridgehead atoms. The number of carboxylic acids is 1. The van der Waals surface area contributed by atoms with Crippen molar-refractivity contribution >= 4 is 21.7 Å². The van der Waals surface area contributed by atoms with Gasteiger partial charge in [0.25, 0.3) is 5.69 Å². The van der Waals surface area contributed by atoms with Gasteiger partial charge in [-0.3, -0.25) is 14.9 Å². The molecule has 1 rings (SSSR count). The number of carbonyl (C=O) groups is 1. The van der Waals surface area contributed by atoms with Gasteiger partial charge in [-0.15, -0.1) is 0 Å². The number of sulfonamides is 1. The smallest absolute Gasteiger partial charge is 0.330 e. The molecular weight excluding hydrogens is 310 g/mol. The summed E-state index contributed by atoms with van der Waals surface area (Å²) in [5.41, 5.74) is -0.389. The Bertz CT molecular complexity index is 714. The summed E-state index contributed by atoms with van der Waals surface area (Å²) >= 11 is 0. The summed E-state index contributed by atoms with van der Waals surface area (Å²) in [5, 5.41) is 28.6. The molecule has 0 spiro atoms. The minimum Gasteiger partial charge on any atom is -0.480 e. The topological polar surface area (TPSA) is 161 Å². The quantitative estimate of drug-likeness (QED) is 0.573. The Morgan fingerprint density at radius 1 is 1.33 bits per heavy atom. The lowest BCUT2D eigenvalue weighted by atomic mass is 10.2. The summed E-state index contributed by atoms with van der Waals surface area (Å²) in [6.07, 6.45) is 0. The highest BCUT2D eigenvalue weighted by Gasteiger charge is 2.36. The van der Waals surface area contributed by atoms with Crippen LogP contribution < -0.4 is 0 Å². The van der Waals surface area contributed by atoms with Crippen molar-refractivity contribution in [1.29, 1.82) is 0 Å². The maximum absolute atomic E-state index is 12.0. The zero-order chi connectivity index (χ0) is 16.4. The number of hydrogen-bond donors (Lipinski definition) is 1. The number of hydrazine groups is 1. The van der Waals surface area contributed by atoms with E-state index in [0.29, 0.717) is 6.07 Å². The number of nitro groups is 2. The van der Waals surface area contributed by atoms with E-state index in [1.807, 2.05) is 0 Å². The van der Waals surface area contributed by atoms with Crippen molar-refractivity contribution in [3.8, 4) is 0 Å². The summed E-state index contributed by atoms with van der Waals surface area (Å²) < 4.78 is 23.5. The van der Waals surface area contributed by atoms with Gasteiger partial charge in [-0.1, -0.05) is 6.07 Å². The Hall–Kier alpha value is -2.76. The van der Waals surface area contributed by atoms with Gasteiger partial charge in [-0.2, -0.15) is 8.42 Å². The Morgan fingerprint density at radius 3 is 2.33 bits per heavy atom. The van der Waals surface area contributed by atoms with Gasteiger partial charge >= 0.3 is 16.0 Å². The summed E-state index contributed by atoms with van der Waals surface area (Å²) in [7, 11) is -4.82. The zero-order valence-electron chi connectivity index (χ0n) is 10.5. The van der Waals surface area contributed by atoms with Crippen LogP contribution in [-0.4, -0.2) is 40.4 Å². The van der Waals surface area contributed by atoms with Gasteiger partial charge in [0.2, 0.25) is 0 Å². The molecule has 0 radical (unpaired) electrons. The highest BCUT2D eigenvalue weighted by atomic mass is 32.2. The van der Waals surface area contributed by atoms with Crippen molar-refractivity contribution in [3.05, 3.63) is 44.0 Å². The fourth-order valence-corrected chi connectivity index (χ4v) is 2.61. The average molecular weight is 319 g/mol. The second kappa shape index (κ2) is 5.70. The molecule has 1 N–H and O–H groups in total. The maximum atomic E-state index is 12.0. The molecular formula is C9H9N3O8S. The molecule has 0 unspecified atom stereocenters. The molecule has 0 aliphatic heterocycles. The number of carboxylic acid groups (broad SMARTS) is 1. The van der Waals surface area contributed by atoms with Crippen molar-refractivity contribution in [1.82, 2.24) is 4.41 Å². The van der Waals surface area contributed by atoms with Crippen molar-refractivity contribution in [2.45, 2.75) is 11.8 Å². The Labute approximate surface area is 117 Å². The van der Waals surface area contributed by atoms with Gasteiger partial charge in [-0.05, 0) is 13.0 Å².